The minimum Gasteiger partial charge on any atom is -0.456 e. The Morgan fingerprint density at radius 1 is 0.414 bits per heavy atom. The van der Waals surface area contributed by atoms with Gasteiger partial charge in [0.1, 0.15) is 22.3 Å². The molecule has 8 aromatic carbocycles. The molecule has 274 valence electrons. The Bertz CT molecular complexity index is 3230. The van der Waals surface area contributed by atoms with E-state index >= 15 is 0 Å². The van der Waals surface area contributed by atoms with Gasteiger partial charge in [-0.25, -0.2) is 9.98 Å². The average molecular weight is 746 g/mol. The molecule has 1 aliphatic rings. The molecule has 11 rings (SSSR count). The van der Waals surface area contributed by atoms with Crippen LogP contribution in [0.5, 0.6) is 0 Å². The zero-order valence-electron chi connectivity index (χ0n) is 31.4. The summed E-state index contributed by atoms with van der Waals surface area (Å²) in [6, 6.07) is 67.1. The van der Waals surface area contributed by atoms with E-state index in [9.17, 15) is 0 Å². The molecule has 0 aliphatic carbocycles. The highest BCUT2D eigenvalue weighted by Gasteiger charge is 2.21. The van der Waals surface area contributed by atoms with E-state index in [2.05, 4.69) is 163 Å². The Hall–Kier alpha value is -7.76. The number of para-hydroxylation sites is 2. The van der Waals surface area contributed by atoms with E-state index in [1.165, 1.54) is 0 Å². The first-order valence-electron chi connectivity index (χ1n) is 19.5. The van der Waals surface area contributed by atoms with Crippen molar-refractivity contribution in [1.29, 1.82) is 0 Å². The Morgan fingerprint density at radius 2 is 1.02 bits per heavy atom. The highest BCUT2D eigenvalue weighted by Crippen LogP contribution is 2.44. The number of rotatable bonds is 7. The molecule has 0 unspecified atom stereocenters. The number of hydrogen-bond acceptors (Lipinski definition) is 5. The van der Waals surface area contributed by atoms with E-state index in [0.29, 0.717) is 12.3 Å². The molecule has 0 bridgehead atoms. The van der Waals surface area contributed by atoms with Gasteiger partial charge in [0, 0.05) is 45.1 Å². The number of benzene rings is 8. The fourth-order valence-electron chi connectivity index (χ4n) is 8.23. The number of amidine groups is 1. The molecular weight excluding hydrogens is 711 g/mol. The van der Waals surface area contributed by atoms with Crippen LogP contribution < -0.4 is 4.90 Å². The third-order valence-electron chi connectivity index (χ3n) is 11.0. The van der Waals surface area contributed by atoms with Gasteiger partial charge in [-0.1, -0.05) is 140 Å². The van der Waals surface area contributed by atoms with Crippen LogP contribution in [-0.4, -0.2) is 11.5 Å². The van der Waals surface area contributed by atoms with E-state index < -0.39 is 0 Å². The van der Waals surface area contributed by atoms with Crippen LogP contribution >= 0.6 is 0 Å². The molecule has 58 heavy (non-hydrogen) atoms. The minimum atomic E-state index is 0.660. The molecular formula is C53H35N3O2. The van der Waals surface area contributed by atoms with Crippen LogP contribution in [0.3, 0.4) is 0 Å². The van der Waals surface area contributed by atoms with Crippen molar-refractivity contribution in [3.63, 3.8) is 0 Å². The van der Waals surface area contributed by atoms with Crippen LogP contribution in [0.25, 0.3) is 60.7 Å². The summed E-state index contributed by atoms with van der Waals surface area (Å²) in [5, 5.41) is 4.33. The van der Waals surface area contributed by atoms with Crippen molar-refractivity contribution in [1.82, 2.24) is 0 Å². The third kappa shape index (κ3) is 5.89. The van der Waals surface area contributed by atoms with Crippen molar-refractivity contribution in [3.8, 4) is 11.1 Å². The molecule has 0 saturated carbocycles. The molecule has 0 atom stereocenters. The molecule has 0 amide bonds. The summed E-state index contributed by atoms with van der Waals surface area (Å²) in [6.07, 6.45) is 2.83. The van der Waals surface area contributed by atoms with Gasteiger partial charge in [-0.2, -0.15) is 0 Å². The number of anilines is 3. The lowest BCUT2D eigenvalue weighted by Gasteiger charge is -2.26. The Morgan fingerprint density at radius 3 is 1.81 bits per heavy atom. The summed E-state index contributed by atoms with van der Waals surface area (Å²) in [7, 11) is 0. The van der Waals surface area contributed by atoms with Crippen molar-refractivity contribution in [2.75, 3.05) is 4.90 Å². The van der Waals surface area contributed by atoms with Crippen LogP contribution in [-0.2, 0) is 0 Å². The van der Waals surface area contributed by atoms with Gasteiger partial charge in [-0.3, -0.25) is 0 Å². The zero-order chi connectivity index (χ0) is 38.4. The van der Waals surface area contributed by atoms with Crippen LogP contribution in [0.1, 0.15) is 23.1 Å². The van der Waals surface area contributed by atoms with Crippen molar-refractivity contribution in [3.05, 3.63) is 217 Å². The van der Waals surface area contributed by atoms with Crippen molar-refractivity contribution in [2.45, 2.75) is 6.42 Å². The van der Waals surface area contributed by atoms with Gasteiger partial charge >= 0.3 is 0 Å². The summed E-state index contributed by atoms with van der Waals surface area (Å²) in [4.78, 5) is 12.6. The predicted octanol–water partition coefficient (Wildman–Crippen LogP) is 14.3. The fourth-order valence-corrected chi connectivity index (χ4v) is 8.23. The lowest BCUT2D eigenvalue weighted by molar-refractivity contribution is 0.668. The van der Waals surface area contributed by atoms with Gasteiger partial charge in [0.2, 0.25) is 0 Å². The standard InChI is InChI=1S/C53H35N3O2/c1-4-14-36(15-5-1)44-32-33-45(55-53(54-44)37-16-6-2-7-17-37)38-28-31-43-50(34-38)58-48-24-12-21-41(51(43)48)35-26-29-40(30-27-35)56(39-18-8-3-9-19-39)46-22-13-25-49-52(46)42-20-10-11-23-47(42)57-49/h1-31,33-34H,32H2. The Balaban J connectivity index is 0.980. The second kappa shape index (κ2) is 14.1. The maximum Gasteiger partial charge on any atom is 0.160 e. The number of fused-ring (bicyclic) bond motifs is 6. The highest BCUT2D eigenvalue weighted by atomic mass is 16.3. The maximum absolute atomic E-state index is 6.60. The smallest absolute Gasteiger partial charge is 0.160 e. The minimum absolute atomic E-state index is 0.660. The lowest BCUT2D eigenvalue weighted by atomic mass is 9.98. The normalized spacial score (nSPS) is 13.1. The molecule has 2 aromatic heterocycles. The SMILES string of the molecule is C1=C(c2ccc3c(c2)oc2cccc(-c4ccc(N(c5ccccc5)c5cccc6oc7ccccc7c56)cc4)c23)N=C(c2ccccc2)N=C(c2ccccc2)C1. The summed E-state index contributed by atoms with van der Waals surface area (Å²) in [5.41, 5.74) is 13.7. The van der Waals surface area contributed by atoms with Crippen LogP contribution in [0.4, 0.5) is 17.1 Å². The molecule has 10 aromatic rings. The molecule has 0 saturated heterocycles. The topological polar surface area (TPSA) is 54.2 Å². The summed E-state index contributed by atoms with van der Waals surface area (Å²) >= 11 is 0. The predicted molar refractivity (Wildman–Crippen MR) is 240 cm³/mol. The average Bonchev–Trinajstić information content (AvgIpc) is 3.78. The molecule has 0 fully saturated rings. The molecule has 0 N–H and O–H groups in total. The summed E-state index contributed by atoms with van der Waals surface area (Å²) in [5.74, 6) is 0.694. The second-order valence-corrected chi connectivity index (χ2v) is 14.5. The molecule has 0 spiro atoms. The van der Waals surface area contributed by atoms with Gasteiger partial charge in [0.25, 0.3) is 0 Å². The largest absolute Gasteiger partial charge is 0.456 e. The fraction of sp³-hybridized carbons (Fsp3) is 0.0189. The molecule has 0 radical (unpaired) electrons. The van der Waals surface area contributed by atoms with E-state index in [-0.39, 0.29) is 0 Å². The van der Waals surface area contributed by atoms with E-state index in [0.717, 1.165) is 100 Å². The molecule has 5 nitrogen and oxygen atoms in total. The van der Waals surface area contributed by atoms with E-state index in [4.69, 9.17) is 18.8 Å². The quantitative estimate of drug-likeness (QED) is 0.163. The zero-order valence-corrected chi connectivity index (χ0v) is 31.4. The molecule has 5 heteroatoms. The van der Waals surface area contributed by atoms with Crippen LogP contribution in [0.2, 0.25) is 0 Å². The first-order chi connectivity index (χ1) is 28.7. The Labute approximate surface area is 335 Å². The number of allylic oxidation sites excluding steroid dienone is 1. The van der Waals surface area contributed by atoms with Gasteiger partial charge in [-0.15, -0.1) is 0 Å². The van der Waals surface area contributed by atoms with Gasteiger partial charge in [0.05, 0.1) is 22.5 Å². The molecule has 1 aliphatic heterocycles. The van der Waals surface area contributed by atoms with Crippen molar-refractivity contribution in [2.24, 2.45) is 9.98 Å². The lowest BCUT2D eigenvalue weighted by Crippen LogP contribution is -2.10. The van der Waals surface area contributed by atoms with E-state index in [1.807, 2.05) is 42.5 Å². The number of nitrogens with zero attached hydrogens (tertiary/aromatic N) is 3. The molecule has 3 heterocycles. The monoisotopic (exact) mass is 745 g/mol. The van der Waals surface area contributed by atoms with E-state index in [1.54, 1.807) is 0 Å². The van der Waals surface area contributed by atoms with Crippen molar-refractivity contribution >= 4 is 78.2 Å². The second-order valence-electron chi connectivity index (χ2n) is 14.5. The van der Waals surface area contributed by atoms with Gasteiger partial charge < -0.3 is 13.7 Å². The third-order valence-corrected chi connectivity index (χ3v) is 11.0. The van der Waals surface area contributed by atoms with Crippen molar-refractivity contribution < 1.29 is 8.83 Å². The highest BCUT2D eigenvalue weighted by molar-refractivity contribution is 6.17. The van der Waals surface area contributed by atoms with Gasteiger partial charge in [0.15, 0.2) is 5.84 Å². The summed E-state index contributed by atoms with van der Waals surface area (Å²) in [6.45, 7) is 0. The maximum atomic E-state index is 6.60. The first kappa shape index (κ1) is 33.6. The number of aliphatic imine (C=N–C) groups is 2. The number of hydrogen-bond donors (Lipinski definition) is 0. The number of furan rings is 2. The Kier molecular flexibility index (Phi) is 8.14. The van der Waals surface area contributed by atoms with Gasteiger partial charge in [-0.05, 0) is 77.4 Å². The van der Waals surface area contributed by atoms with Crippen LogP contribution in [0, 0.1) is 0 Å². The first-order valence-corrected chi connectivity index (χ1v) is 19.5. The summed E-state index contributed by atoms with van der Waals surface area (Å²) < 4.78 is 12.9. The van der Waals surface area contributed by atoms with Crippen LogP contribution in [0.15, 0.2) is 219 Å².